The summed E-state index contributed by atoms with van der Waals surface area (Å²) in [5.41, 5.74) is 0.472. The molecule has 1 aliphatic heterocycles. The first kappa shape index (κ1) is 14.6. The number of unbranched alkanes of at least 4 members (excludes halogenated alkanes) is 1. The summed E-state index contributed by atoms with van der Waals surface area (Å²) in [7, 11) is 0. The molecule has 0 aromatic heterocycles. The molecule has 2 rings (SSSR count). The second kappa shape index (κ2) is 6.60. The Balaban J connectivity index is 1.67. The fourth-order valence-corrected chi connectivity index (χ4v) is 3.52. The Hall–Kier alpha value is -0.770. The topological polar surface area (TPSA) is 49.8 Å². The van der Waals surface area contributed by atoms with Crippen molar-refractivity contribution in [2.75, 3.05) is 26.3 Å². The molecule has 0 bridgehead atoms. The molecule has 0 atom stereocenters. The minimum Gasteiger partial charge on any atom is -0.449 e. The van der Waals surface area contributed by atoms with Crippen LogP contribution in [0.2, 0.25) is 0 Å². The van der Waals surface area contributed by atoms with Gasteiger partial charge in [0.2, 0.25) is 0 Å². The molecule has 1 heterocycles. The maximum absolute atomic E-state index is 11.8. The van der Waals surface area contributed by atoms with Crippen molar-refractivity contribution in [2.24, 2.45) is 11.3 Å². The van der Waals surface area contributed by atoms with Crippen LogP contribution in [0.5, 0.6) is 0 Å². The number of hydrogen-bond donors (Lipinski definition) is 1. The monoisotopic (exact) mass is 269 g/mol. The number of nitrogens with zero attached hydrogens (tertiary/aromatic N) is 1. The normalized spacial score (nSPS) is 22.3. The number of carbonyl (C=O) groups is 1. The second-order valence-corrected chi connectivity index (χ2v) is 6.24. The van der Waals surface area contributed by atoms with Gasteiger partial charge in [-0.05, 0) is 49.9 Å². The van der Waals surface area contributed by atoms with Crippen molar-refractivity contribution in [1.82, 2.24) is 4.90 Å². The third kappa shape index (κ3) is 3.62. The highest BCUT2D eigenvalue weighted by Crippen LogP contribution is 2.53. The molecule has 0 aromatic rings. The van der Waals surface area contributed by atoms with E-state index in [1.165, 1.54) is 12.8 Å². The Morgan fingerprint density at radius 2 is 2.05 bits per heavy atom. The summed E-state index contributed by atoms with van der Waals surface area (Å²) >= 11 is 0. The molecule has 1 aliphatic carbocycles. The van der Waals surface area contributed by atoms with Gasteiger partial charge in [-0.1, -0.05) is 13.3 Å². The van der Waals surface area contributed by atoms with Gasteiger partial charge in [0, 0.05) is 19.7 Å². The summed E-state index contributed by atoms with van der Waals surface area (Å²) in [5, 5.41) is 8.94. The maximum atomic E-state index is 11.8. The van der Waals surface area contributed by atoms with E-state index >= 15 is 0 Å². The van der Waals surface area contributed by atoms with Crippen molar-refractivity contribution in [2.45, 2.75) is 51.9 Å². The van der Waals surface area contributed by atoms with Crippen molar-refractivity contribution < 1.29 is 14.6 Å². The minimum atomic E-state index is -0.130. The van der Waals surface area contributed by atoms with Crippen LogP contribution >= 0.6 is 0 Å². The van der Waals surface area contributed by atoms with E-state index in [4.69, 9.17) is 9.84 Å². The predicted molar refractivity (Wildman–Crippen MR) is 73.9 cm³/mol. The Labute approximate surface area is 116 Å². The number of aliphatic hydroxyl groups is 1. The molecule has 1 N–H and O–H groups in total. The van der Waals surface area contributed by atoms with Crippen LogP contribution < -0.4 is 0 Å². The maximum Gasteiger partial charge on any atom is 0.409 e. The highest BCUT2D eigenvalue weighted by molar-refractivity contribution is 5.67. The molecule has 1 saturated heterocycles. The van der Waals surface area contributed by atoms with Crippen molar-refractivity contribution >= 4 is 6.09 Å². The SMILES string of the molecule is CCCCOC(=O)N1CCC2(CC1)CC(CCO)C2. The van der Waals surface area contributed by atoms with Crippen LogP contribution in [-0.4, -0.2) is 42.4 Å². The predicted octanol–water partition coefficient (Wildman–Crippen LogP) is 2.80. The van der Waals surface area contributed by atoms with Gasteiger partial charge in [-0.15, -0.1) is 0 Å². The van der Waals surface area contributed by atoms with Gasteiger partial charge in [0.05, 0.1) is 6.61 Å². The van der Waals surface area contributed by atoms with Gasteiger partial charge in [0.25, 0.3) is 0 Å². The van der Waals surface area contributed by atoms with Crippen LogP contribution in [0.3, 0.4) is 0 Å². The average molecular weight is 269 g/mol. The van der Waals surface area contributed by atoms with Crippen molar-refractivity contribution in [3.8, 4) is 0 Å². The van der Waals surface area contributed by atoms with E-state index in [0.29, 0.717) is 24.5 Å². The number of aliphatic hydroxyl groups excluding tert-OH is 1. The molecular weight excluding hydrogens is 242 g/mol. The van der Waals surface area contributed by atoms with Crippen LogP contribution in [0, 0.1) is 11.3 Å². The summed E-state index contributed by atoms with van der Waals surface area (Å²) in [5.74, 6) is 0.716. The number of likely N-dealkylation sites (tertiary alicyclic amines) is 1. The lowest BCUT2D eigenvalue weighted by Gasteiger charge is -2.52. The van der Waals surface area contributed by atoms with E-state index in [1.54, 1.807) is 0 Å². The first-order chi connectivity index (χ1) is 9.19. The van der Waals surface area contributed by atoms with Crippen LogP contribution in [-0.2, 0) is 4.74 Å². The molecule has 110 valence electrons. The van der Waals surface area contributed by atoms with Gasteiger partial charge in [-0.25, -0.2) is 4.79 Å². The molecule has 0 radical (unpaired) electrons. The average Bonchev–Trinajstić information content (AvgIpc) is 2.38. The Kier molecular flexibility index (Phi) is 5.08. The first-order valence-corrected chi connectivity index (χ1v) is 7.72. The van der Waals surface area contributed by atoms with Gasteiger partial charge < -0.3 is 14.7 Å². The zero-order valence-corrected chi connectivity index (χ0v) is 12.1. The van der Waals surface area contributed by atoms with Gasteiger partial charge >= 0.3 is 6.09 Å². The van der Waals surface area contributed by atoms with E-state index < -0.39 is 0 Å². The van der Waals surface area contributed by atoms with Gasteiger partial charge in [-0.2, -0.15) is 0 Å². The molecule has 2 fully saturated rings. The zero-order valence-electron chi connectivity index (χ0n) is 12.1. The molecule has 1 saturated carbocycles. The minimum absolute atomic E-state index is 0.130. The number of amides is 1. The van der Waals surface area contributed by atoms with Crippen LogP contribution in [0.4, 0.5) is 4.79 Å². The van der Waals surface area contributed by atoms with Crippen LogP contribution in [0.15, 0.2) is 0 Å². The molecule has 1 amide bonds. The van der Waals surface area contributed by atoms with Crippen LogP contribution in [0.1, 0.15) is 51.9 Å². The number of hydrogen-bond acceptors (Lipinski definition) is 3. The molecule has 1 spiro atoms. The lowest BCUT2D eigenvalue weighted by molar-refractivity contribution is -0.0206. The Bertz CT molecular complexity index is 290. The highest BCUT2D eigenvalue weighted by Gasteiger charge is 2.45. The van der Waals surface area contributed by atoms with Gasteiger partial charge in [-0.3, -0.25) is 0 Å². The largest absolute Gasteiger partial charge is 0.449 e. The summed E-state index contributed by atoms with van der Waals surface area (Å²) < 4.78 is 5.26. The quantitative estimate of drug-likeness (QED) is 0.781. The molecule has 4 nitrogen and oxygen atoms in total. The van der Waals surface area contributed by atoms with Crippen molar-refractivity contribution in [3.05, 3.63) is 0 Å². The van der Waals surface area contributed by atoms with E-state index in [2.05, 4.69) is 6.92 Å². The number of ether oxygens (including phenoxy) is 1. The van der Waals surface area contributed by atoms with E-state index in [1.807, 2.05) is 4.90 Å². The number of rotatable bonds is 5. The second-order valence-electron chi connectivity index (χ2n) is 6.24. The molecule has 0 unspecified atom stereocenters. The number of carbonyl (C=O) groups excluding carboxylic acids is 1. The molecule has 2 aliphatic rings. The highest BCUT2D eigenvalue weighted by atomic mass is 16.6. The first-order valence-electron chi connectivity index (χ1n) is 7.72. The third-order valence-electron chi connectivity index (χ3n) is 4.79. The summed E-state index contributed by atoms with van der Waals surface area (Å²) in [4.78, 5) is 13.7. The Morgan fingerprint density at radius 3 is 2.63 bits per heavy atom. The third-order valence-corrected chi connectivity index (χ3v) is 4.79. The standard InChI is InChI=1S/C15H27NO3/c1-2-3-10-19-14(18)16-7-5-15(6-8-16)11-13(12-15)4-9-17/h13,17H,2-12H2,1H3. The van der Waals surface area contributed by atoms with Gasteiger partial charge in [0.15, 0.2) is 0 Å². The van der Waals surface area contributed by atoms with Crippen molar-refractivity contribution in [1.29, 1.82) is 0 Å². The molecular formula is C15H27NO3. The lowest BCUT2D eigenvalue weighted by Crippen LogP contribution is -2.49. The zero-order chi connectivity index (χ0) is 13.7. The summed E-state index contributed by atoms with van der Waals surface area (Å²) in [6.07, 6.45) is 7.53. The lowest BCUT2D eigenvalue weighted by atomic mass is 9.57. The van der Waals surface area contributed by atoms with E-state index in [0.717, 1.165) is 45.2 Å². The molecule has 4 heteroatoms. The smallest absolute Gasteiger partial charge is 0.409 e. The molecule has 0 aromatic carbocycles. The van der Waals surface area contributed by atoms with Crippen LogP contribution in [0.25, 0.3) is 0 Å². The van der Waals surface area contributed by atoms with Gasteiger partial charge in [0.1, 0.15) is 0 Å². The fraction of sp³-hybridized carbons (Fsp3) is 0.933. The Morgan fingerprint density at radius 1 is 1.37 bits per heavy atom. The fourth-order valence-electron chi connectivity index (χ4n) is 3.52. The van der Waals surface area contributed by atoms with E-state index in [9.17, 15) is 4.79 Å². The van der Waals surface area contributed by atoms with Crippen molar-refractivity contribution in [3.63, 3.8) is 0 Å². The molecule has 19 heavy (non-hydrogen) atoms. The summed E-state index contributed by atoms with van der Waals surface area (Å²) in [6.45, 7) is 4.65. The summed E-state index contributed by atoms with van der Waals surface area (Å²) in [6, 6.07) is 0. The van der Waals surface area contributed by atoms with E-state index in [-0.39, 0.29) is 6.09 Å². The number of piperidine rings is 1.